The van der Waals surface area contributed by atoms with Gasteiger partial charge in [-0.25, -0.2) is 4.99 Å². The highest BCUT2D eigenvalue weighted by molar-refractivity contribution is 14.0. The molecule has 3 heterocycles. The summed E-state index contributed by atoms with van der Waals surface area (Å²) in [5.74, 6) is 3.06. The number of aliphatic imine (C=N–C) groups is 1. The molecule has 6 nitrogen and oxygen atoms in total. The Morgan fingerprint density at radius 1 is 1.16 bits per heavy atom. The van der Waals surface area contributed by atoms with E-state index in [0.29, 0.717) is 6.54 Å². The average Bonchev–Trinajstić information content (AvgIpc) is 3.22. The Morgan fingerprint density at radius 2 is 2.00 bits per heavy atom. The van der Waals surface area contributed by atoms with Crippen LogP contribution < -0.4 is 5.32 Å². The van der Waals surface area contributed by atoms with Gasteiger partial charge in [0.1, 0.15) is 12.4 Å². The lowest BCUT2D eigenvalue weighted by atomic mass is 10.0. The van der Waals surface area contributed by atoms with Crippen molar-refractivity contribution in [2.45, 2.75) is 45.8 Å². The van der Waals surface area contributed by atoms with Crippen molar-refractivity contribution < 1.29 is 0 Å². The Kier molecular flexibility index (Phi) is 5.93. The van der Waals surface area contributed by atoms with E-state index in [-0.39, 0.29) is 24.0 Å². The maximum absolute atomic E-state index is 4.84. The van der Waals surface area contributed by atoms with Gasteiger partial charge in [0.05, 0.1) is 0 Å². The Labute approximate surface area is 165 Å². The van der Waals surface area contributed by atoms with Gasteiger partial charge in [0.25, 0.3) is 0 Å². The van der Waals surface area contributed by atoms with E-state index in [9.17, 15) is 0 Å². The van der Waals surface area contributed by atoms with Crippen LogP contribution in [0.25, 0.3) is 0 Å². The molecule has 0 atom stereocenters. The zero-order valence-corrected chi connectivity index (χ0v) is 16.9. The van der Waals surface area contributed by atoms with Crippen molar-refractivity contribution in [3.8, 4) is 0 Å². The van der Waals surface area contributed by atoms with Crippen LogP contribution in [0.5, 0.6) is 0 Å². The Morgan fingerprint density at radius 3 is 2.84 bits per heavy atom. The Hall–Kier alpha value is -1.64. The largest absolute Gasteiger partial charge is 0.356 e. The molecule has 1 aromatic heterocycles. The van der Waals surface area contributed by atoms with Crippen molar-refractivity contribution in [3.63, 3.8) is 0 Å². The predicted molar refractivity (Wildman–Crippen MR) is 109 cm³/mol. The fourth-order valence-corrected chi connectivity index (χ4v) is 3.58. The second-order valence-corrected chi connectivity index (χ2v) is 6.40. The molecule has 7 heteroatoms. The minimum Gasteiger partial charge on any atom is -0.356 e. The van der Waals surface area contributed by atoms with E-state index in [2.05, 4.69) is 56.2 Å². The topological polar surface area (TPSA) is 58.3 Å². The van der Waals surface area contributed by atoms with Crippen molar-refractivity contribution >= 4 is 29.9 Å². The Bertz CT molecular complexity index is 754. The zero-order chi connectivity index (χ0) is 16.4. The lowest BCUT2D eigenvalue weighted by molar-refractivity contribution is 0.378. The van der Waals surface area contributed by atoms with Crippen LogP contribution >= 0.6 is 24.0 Å². The molecule has 0 radical (unpaired) electrons. The highest BCUT2D eigenvalue weighted by atomic mass is 127. The number of benzene rings is 1. The van der Waals surface area contributed by atoms with Gasteiger partial charge >= 0.3 is 0 Å². The van der Waals surface area contributed by atoms with Crippen LogP contribution in [0.2, 0.25) is 0 Å². The molecule has 0 unspecified atom stereocenters. The monoisotopic (exact) mass is 452 g/mol. The van der Waals surface area contributed by atoms with Gasteiger partial charge < -0.3 is 14.8 Å². The molecule has 0 spiro atoms. The van der Waals surface area contributed by atoms with Crippen molar-refractivity contribution in [3.05, 3.63) is 47.0 Å². The van der Waals surface area contributed by atoms with Gasteiger partial charge in [-0.05, 0) is 30.9 Å². The van der Waals surface area contributed by atoms with Gasteiger partial charge in [-0.3, -0.25) is 0 Å². The molecule has 0 aliphatic carbocycles. The third kappa shape index (κ3) is 3.80. The van der Waals surface area contributed by atoms with Crippen LogP contribution in [0.15, 0.2) is 29.3 Å². The zero-order valence-electron chi connectivity index (χ0n) is 14.6. The fraction of sp³-hybridized carbons (Fsp3) is 0.500. The summed E-state index contributed by atoms with van der Waals surface area (Å²) in [5, 5.41) is 12.0. The summed E-state index contributed by atoms with van der Waals surface area (Å²) in [6.07, 6.45) is 3.28. The van der Waals surface area contributed by atoms with Crippen molar-refractivity contribution in [1.29, 1.82) is 0 Å². The van der Waals surface area contributed by atoms with E-state index in [4.69, 9.17) is 4.99 Å². The SMILES string of the molecule is CCNC(=NCc1nnc2n1CCC2)N1CCc2ccccc2C1.I. The molecule has 0 bridgehead atoms. The van der Waals surface area contributed by atoms with Gasteiger partial charge in [-0.2, -0.15) is 0 Å². The number of hydrogen-bond acceptors (Lipinski definition) is 3. The molecule has 0 fully saturated rings. The molecule has 134 valence electrons. The van der Waals surface area contributed by atoms with Crippen LogP contribution in [0.1, 0.15) is 36.1 Å². The number of aromatic nitrogens is 3. The van der Waals surface area contributed by atoms with E-state index in [0.717, 1.165) is 56.6 Å². The van der Waals surface area contributed by atoms with Crippen LogP contribution in [0.3, 0.4) is 0 Å². The van der Waals surface area contributed by atoms with Crippen molar-refractivity contribution in [2.24, 2.45) is 4.99 Å². The number of halogens is 1. The molecular weight excluding hydrogens is 427 g/mol. The highest BCUT2D eigenvalue weighted by Crippen LogP contribution is 2.19. The van der Waals surface area contributed by atoms with Crippen LogP contribution in [0.4, 0.5) is 0 Å². The minimum atomic E-state index is 0. The quantitative estimate of drug-likeness (QED) is 0.442. The Balaban J connectivity index is 0.00000182. The molecule has 0 amide bonds. The van der Waals surface area contributed by atoms with E-state index in [1.165, 1.54) is 17.5 Å². The summed E-state index contributed by atoms with van der Waals surface area (Å²) in [6, 6.07) is 8.69. The van der Waals surface area contributed by atoms with Gasteiger partial charge in [0.2, 0.25) is 0 Å². The summed E-state index contributed by atoms with van der Waals surface area (Å²) in [4.78, 5) is 7.18. The lowest BCUT2D eigenvalue weighted by Crippen LogP contribution is -2.44. The molecule has 1 aromatic carbocycles. The first-order valence-electron chi connectivity index (χ1n) is 8.86. The standard InChI is InChI=1S/C18H24N6.HI/c1-2-19-18(20-12-17-22-21-16-8-5-10-24(16)17)23-11-9-14-6-3-4-7-15(14)13-23;/h3-4,6-7H,2,5,8-13H2,1H3,(H,19,20);1H. The highest BCUT2D eigenvalue weighted by Gasteiger charge is 2.20. The molecule has 2 aliphatic heterocycles. The summed E-state index contributed by atoms with van der Waals surface area (Å²) < 4.78 is 2.22. The lowest BCUT2D eigenvalue weighted by Gasteiger charge is -2.31. The smallest absolute Gasteiger partial charge is 0.194 e. The molecule has 4 rings (SSSR count). The predicted octanol–water partition coefficient (Wildman–Crippen LogP) is 2.37. The minimum absolute atomic E-state index is 0. The van der Waals surface area contributed by atoms with Crippen molar-refractivity contribution in [1.82, 2.24) is 25.0 Å². The molecule has 2 aliphatic rings. The van der Waals surface area contributed by atoms with E-state index in [1.807, 2.05) is 0 Å². The number of hydrogen-bond donors (Lipinski definition) is 1. The first-order chi connectivity index (χ1) is 11.8. The molecule has 1 N–H and O–H groups in total. The number of aryl methyl sites for hydroxylation is 1. The van der Waals surface area contributed by atoms with Gasteiger partial charge in [-0.15, -0.1) is 34.2 Å². The van der Waals surface area contributed by atoms with Crippen LogP contribution in [-0.2, 0) is 32.5 Å². The van der Waals surface area contributed by atoms with Crippen LogP contribution in [0, 0.1) is 0 Å². The normalized spacial score (nSPS) is 16.2. The van der Waals surface area contributed by atoms with Crippen molar-refractivity contribution in [2.75, 3.05) is 13.1 Å². The second kappa shape index (κ2) is 8.16. The van der Waals surface area contributed by atoms with E-state index >= 15 is 0 Å². The molecule has 0 saturated heterocycles. The summed E-state index contributed by atoms with van der Waals surface area (Å²) in [5.41, 5.74) is 2.86. The van der Waals surface area contributed by atoms with E-state index < -0.39 is 0 Å². The second-order valence-electron chi connectivity index (χ2n) is 6.40. The number of nitrogens with one attached hydrogen (secondary N) is 1. The first kappa shape index (κ1) is 18.2. The van der Waals surface area contributed by atoms with Crippen LogP contribution in [-0.4, -0.2) is 38.7 Å². The average molecular weight is 452 g/mol. The summed E-state index contributed by atoms with van der Waals surface area (Å²) in [7, 11) is 0. The third-order valence-electron chi connectivity index (χ3n) is 4.82. The summed E-state index contributed by atoms with van der Waals surface area (Å²) >= 11 is 0. The van der Waals surface area contributed by atoms with E-state index in [1.54, 1.807) is 0 Å². The summed E-state index contributed by atoms with van der Waals surface area (Å²) in [6.45, 7) is 6.52. The fourth-order valence-electron chi connectivity index (χ4n) is 3.58. The molecule has 2 aromatic rings. The molecule has 25 heavy (non-hydrogen) atoms. The number of guanidine groups is 1. The third-order valence-corrected chi connectivity index (χ3v) is 4.82. The number of rotatable bonds is 3. The molecule has 0 saturated carbocycles. The van der Waals surface area contributed by atoms with Gasteiger partial charge in [-0.1, -0.05) is 24.3 Å². The number of fused-ring (bicyclic) bond motifs is 2. The van der Waals surface area contributed by atoms with Gasteiger partial charge in [0, 0.05) is 32.6 Å². The van der Waals surface area contributed by atoms with Gasteiger partial charge in [0.15, 0.2) is 11.8 Å². The maximum atomic E-state index is 4.84. The number of nitrogens with zero attached hydrogens (tertiary/aromatic N) is 5. The maximum Gasteiger partial charge on any atom is 0.194 e. The molecular formula is C18H25IN6. The first-order valence-corrected chi connectivity index (χ1v) is 8.86.